The van der Waals surface area contributed by atoms with Crippen LogP contribution in [0.2, 0.25) is 0 Å². The van der Waals surface area contributed by atoms with Gasteiger partial charge < -0.3 is 0 Å². The van der Waals surface area contributed by atoms with Crippen LogP contribution >= 0.6 is 13.8 Å². The minimum absolute atomic E-state index is 0.738. The fraction of sp³-hybridized carbons (Fsp3) is 0.857. The molecule has 0 radical (unpaired) electrons. The monoisotopic (exact) mass is 164 g/mol. The van der Waals surface area contributed by atoms with Crippen LogP contribution in [0.4, 0.5) is 0 Å². The smallest absolute Gasteiger partial charge is 0.0384 e. The van der Waals surface area contributed by atoms with Gasteiger partial charge in [-0.3, -0.25) is 0 Å². The van der Waals surface area contributed by atoms with E-state index in [0.29, 0.717) is 0 Å². The Kier molecular flexibility index (Phi) is 2.90. The summed E-state index contributed by atoms with van der Waals surface area (Å²) in [5.41, 5.74) is 0. The molecule has 9 heavy (non-hydrogen) atoms. The van der Waals surface area contributed by atoms with Gasteiger partial charge in [0, 0.05) is 0 Å². The predicted molar refractivity (Wildman–Crippen MR) is 54.4 cm³/mol. The molecule has 0 aliphatic heterocycles. The summed E-state index contributed by atoms with van der Waals surface area (Å²) in [5, 5.41) is 3.68. The second-order valence-electron chi connectivity index (χ2n) is 4.12. The van der Waals surface area contributed by atoms with Crippen LogP contribution in [-0.2, 0) is 0 Å². The van der Waals surface area contributed by atoms with E-state index in [1.54, 1.807) is 0 Å². The summed E-state index contributed by atoms with van der Waals surface area (Å²) in [5.74, 6) is 0. The zero-order chi connectivity index (χ0) is 7.71. The van der Waals surface area contributed by atoms with Gasteiger partial charge in [0.05, 0.1) is 0 Å². The molecular weight excluding hydrogens is 146 g/mol. The van der Waals surface area contributed by atoms with Gasteiger partial charge >= 0.3 is 0 Å². The Balaban J connectivity index is 5.10. The van der Waals surface area contributed by atoms with E-state index in [-0.39, 0.29) is 0 Å². The molecule has 0 atom stereocenters. The third kappa shape index (κ3) is 8.64. The van der Waals surface area contributed by atoms with Gasteiger partial charge in [-0.1, -0.05) is 13.8 Å². The average Bonchev–Trinajstić information content (AvgIpc) is 1.14. The molecule has 0 bridgehead atoms. The Hall–Kier alpha value is 0.640. The third-order valence-corrected chi connectivity index (χ3v) is 5.40. The zero-order valence-electron chi connectivity index (χ0n) is 7.39. The Bertz CT molecular complexity index is 158. The van der Waals surface area contributed by atoms with Crippen LogP contribution in [-0.4, -0.2) is 45.2 Å². The first kappa shape index (κ1) is 9.64. The van der Waals surface area contributed by atoms with Crippen molar-refractivity contribution in [3.63, 3.8) is 0 Å². The molecular formula is C7H18P2. The van der Waals surface area contributed by atoms with E-state index in [0.717, 1.165) is 0 Å². The van der Waals surface area contributed by atoms with Gasteiger partial charge in [0.25, 0.3) is 0 Å². The van der Waals surface area contributed by atoms with Gasteiger partial charge in [-0.25, -0.2) is 0 Å². The molecule has 0 aliphatic carbocycles. The highest BCUT2D eigenvalue weighted by Crippen LogP contribution is 2.40. The first-order chi connectivity index (χ1) is 3.71. The van der Waals surface area contributed by atoms with Gasteiger partial charge in [0.2, 0.25) is 0 Å². The van der Waals surface area contributed by atoms with E-state index < -0.39 is 13.8 Å². The second-order valence-corrected chi connectivity index (χ2v) is 13.0. The maximum Gasteiger partial charge on any atom is -0.0384 e. The molecule has 0 nitrogen and oxygen atoms in total. The molecule has 0 fully saturated rings. The van der Waals surface area contributed by atoms with E-state index in [2.05, 4.69) is 45.2 Å². The minimum atomic E-state index is -0.738. The largest absolute Gasteiger partial charge is 0.134 e. The van der Waals surface area contributed by atoms with Crippen molar-refractivity contribution in [1.82, 2.24) is 0 Å². The topological polar surface area (TPSA) is 0 Å². The molecule has 56 valence electrons. The quantitative estimate of drug-likeness (QED) is 0.482. The second kappa shape index (κ2) is 2.71. The van der Waals surface area contributed by atoms with E-state index in [9.17, 15) is 0 Å². The molecule has 0 aromatic heterocycles. The minimum Gasteiger partial charge on any atom is -0.134 e. The molecule has 0 unspecified atom stereocenters. The van der Waals surface area contributed by atoms with Crippen molar-refractivity contribution in [1.29, 1.82) is 0 Å². The van der Waals surface area contributed by atoms with Gasteiger partial charge in [-0.05, 0) is 40.0 Å². The molecule has 0 aromatic carbocycles. The summed E-state index contributed by atoms with van der Waals surface area (Å²) < 4.78 is 0. The zero-order valence-corrected chi connectivity index (χ0v) is 9.18. The Morgan fingerprint density at radius 3 is 0.889 bits per heavy atom. The first-order valence-corrected chi connectivity index (χ1v) is 9.39. The lowest BCUT2D eigenvalue weighted by Gasteiger charge is -2.07. The van der Waals surface area contributed by atoms with E-state index in [1.807, 2.05) is 0 Å². The van der Waals surface area contributed by atoms with Crippen molar-refractivity contribution >= 4 is 18.9 Å². The lowest BCUT2D eigenvalue weighted by molar-refractivity contribution is 2.09. The third-order valence-electron chi connectivity index (χ3n) is 0.600. The van der Waals surface area contributed by atoms with Crippen molar-refractivity contribution < 1.29 is 0 Å². The molecule has 0 saturated carbocycles. The molecule has 0 heterocycles. The lowest BCUT2D eigenvalue weighted by Crippen LogP contribution is -1.75. The van der Waals surface area contributed by atoms with Gasteiger partial charge in [0.15, 0.2) is 0 Å². The SMILES string of the molecule is CP(C)(C)=C=P(C)(C)C. The van der Waals surface area contributed by atoms with E-state index >= 15 is 0 Å². The highest BCUT2D eigenvalue weighted by molar-refractivity contribution is 7.86. The Labute approximate surface area is 59.6 Å². The van der Waals surface area contributed by atoms with Crippen LogP contribution in [0, 0.1) is 0 Å². The van der Waals surface area contributed by atoms with Crippen LogP contribution in [0.5, 0.6) is 0 Å². The van der Waals surface area contributed by atoms with Gasteiger partial charge in [0.1, 0.15) is 0 Å². The van der Waals surface area contributed by atoms with Crippen LogP contribution in [0.15, 0.2) is 0 Å². The number of hydrogen-bond acceptors (Lipinski definition) is 0. The molecule has 0 rings (SSSR count). The highest BCUT2D eigenvalue weighted by Gasteiger charge is 1.94. The fourth-order valence-corrected chi connectivity index (χ4v) is 8.10. The molecule has 2 heteroatoms. The maximum atomic E-state index is 3.68. The summed E-state index contributed by atoms with van der Waals surface area (Å²) >= 11 is 0. The van der Waals surface area contributed by atoms with Crippen molar-refractivity contribution in [3.8, 4) is 0 Å². The van der Waals surface area contributed by atoms with Gasteiger partial charge in [-0.15, -0.1) is 5.17 Å². The number of hydrogen-bond donors (Lipinski definition) is 0. The highest BCUT2D eigenvalue weighted by atomic mass is 31.2. The standard InChI is InChI=1S/C7H18P2/c1-8(2,3)7-9(4,5)6/h1-6H3. The summed E-state index contributed by atoms with van der Waals surface area (Å²) in [6.07, 6.45) is 0. The maximum absolute atomic E-state index is 3.68. The normalized spacial score (nSPS) is 13.1. The van der Waals surface area contributed by atoms with E-state index in [1.165, 1.54) is 0 Å². The molecule has 0 amide bonds. The average molecular weight is 164 g/mol. The van der Waals surface area contributed by atoms with Gasteiger partial charge in [-0.2, -0.15) is 0 Å². The van der Waals surface area contributed by atoms with Crippen molar-refractivity contribution in [2.75, 3.05) is 40.0 Å². The van der Waals surface area contributed by atoms with Crippen LogP contribution in [0.3, 0.4) is 0 Å². The molecule has 0 aromatic rings. The van der Waals surface area contributed by atoms with Crippen molar-refractivity contribution in [2.45, 2.75) is 0 Å². The van der Waals surface area contributed by atoms with Crippen LogP contribution in [0.1, 0.15) is 0 Å². The lowest BCUT2D eigenvalue weighted by atomic mass is 11.8. The Morgan fingerprint density at radius 2 is 0.889 bits per heavy atom. The summed E-state index contributed by atoms with van der Waals surface area (Å²) in [7, 11) is 0. The van der Waals surface area contributed by atoms with Crippen LogP contribution < -0.4 is 0 Å². The predicted octanol–water partition coefficient (Wildman–Crippen LogP) is 2.44. The van der Waals surface area contributed by atoms with E-state index in [4.69, 9.17) is 0 Å². The molecule has 0 N–H and O–H groups in total. The van der Waals surface area contributed by atoms with Crippen molar-refractivity contribution in [2.24, 2.45) is 0 Å². The number of rotatable bonds is 0. The fourth-order valence-electron chi connectivity index (χ4n) is 0.900. The van der Waals surface area contributed by atoms with Crippen LogP contribution in [0.25, 0.3) is 0 Å². The molecule has 0 spiro atoms. The first-order valence-electron chi connectivity index (χ1n) is 3.13. The molecule has 0 aliphatic rings. The molecule has 0 saturated heterocycles. The Morgan fingerprint density at radius 1 is 0.667 bits per heavy atom. The summed E-state index contributed by atoms with van der Waals surface area (Å²) in [6, 6.07) is 0. The summed E-state index contributed by atoms with van der Waals surface area (Å²) in [4.78, 5) is 0. The summed E-state index contributed by atoms with van der Waals surface area (Å²) in [6.45, 7) is 12.4. The van der Waals surface area contributed by atoms with Crippen molar-refractivity contribution in [3.05, 3.63) is 0 Å².